The van der Waals surface area contributed by atoms with Crippen molar-refractivity contribution >= 4 is 34.2 Å². The van der Waals surface area contributed by atoms with Gasteiger partial charge in [0.15, 0.2) is 0 Å². The molecule has 0 radical (unpaired) electrons. The van der Waals surface area contributed by atoms with Gasteiger partial charge in [0.1, 0.15) is 17.1 Å². The molecular formula is C29H20FN5O2S. The zero-order valence-electron chi connectivity index (χ0n) is 20.2. The van der Waals surface area contributed by atoms with E-state index in [1.54, 1.807) is 39.8 Å². The molecule has 186 valence electrons. The van der Waals surface area contributed by atoms with Crippen molar-refractivity contribution in [2.75, 3.05) is 0 Å². The highest BCUT2D eigenvalue weighted by molar-refractivity contribution is 7.07. The largest absolute Gasteiger partial charge is 0.422 e. The number of benzene rings is 3. The molecule has 0 spiro atoms. The van der Waals surface area contributed by atoms with E-state index in [1.165, 1.54) is 23.5 Å². The third-order valence-electron chi connectivity index (χ3n) is 5.87. The maximum atomic E-state index is 13.3. The first-order valence-electron chi connectivity index (χ1n) is 11.8. The van der Waals surface area contributed by atoms with Gasteiger partial charge in [-0.3, -0.25) is 0 Å². The van der Waals surface area contributed by atoms with E-state index >= 15 is 0 Å². The van der Waals surface area contributed by atoms with E-state index in [2.05, 4.69) is 10.1 Å². The van der Waals surface area contributed by atoms with Gasteiger partial charge >= 0.3 is 5.63 Å². The summed E-state index contributed by atoms with van der Waals surface area (Å²) in [4.78, 5) is 18.2. The first-order chi connectivity index (χ1) is 18.5. The van der Waals surface area contributed by atoms with E-state index in [0.29, 0.717) is 32.9 Å². The molecule has 38 heavy (non-hydrogen) atoms. The summed E-state index contributed by atoms with van der Waals surface area (Å²) in [6.45, 7) is 1.92. The number of halogens is 1. The van der Waals surface area contributed by atoms with E-state index in [9.17, 15) is 9.18 Å². The van der Waals surface area contributed by atoms with Crippen LogP contribution < -0.4 is 10.4 Å². The summed E-state index contributed by atoms with van der Waals surface area (Å²) in [6, 6.07) is 24.7. The molecule has 0 amide bonds. The highest BCUT2D eigenvalue weighted by Gasteiger charge is 2.17. The van der Waals surface area contributed by atoms with Crippen molar-refractivity contribution in [1.82, 2.24) is 14.5 Å². The first-order valence-corrected chi connectivity index (χ1v) is 12.6. The quantitative estimate of drug-likeness (QED) is 0.204. The average molecular weight is 522 g/mol. The lowest BCUT2D eigenvalue weighted by molar-refractivity contribution is 0.563. The lowest BCUT2D eigenvalue weighted by Gasteiger charge is -2.02. The molecule has 3 aromatic carbocycles. The molecule has 0 saturated carbocycles. The third-order valence-corrected chi connectivity index (χ3v) is 6.81. The highest BCUT2D eigenvalue weighted by atomic mass is 32.1. The summed E-state index contributed by atoms with van der Waals surface area (Å²) < 4.78 is 22.3. The van der Waals surface area contributed by atoms with Gasteiger partial charge in [-0.05, 0) is 55.5 Å². The van der Waals surface area contributed by atoms with Gasteiger partial charge in [-0.15, -0.1) is 11.3 Å². The molecule has 0 aliphatic rings. The fourth-order valence-electron chi connectivity index (χ4n) is 3.98. The van der Waals surface area contributed by atoms with Crippen molar-refractivity contribution in [3.05, 3.63) is 129 Å². The molecule has 6 rings (SSSR count). The minimum atomic E-state index is -0.483. The van der Waals surface area contributed by atoms with Crippen LogP contribution in [0.3, 0.4) is 0 Å². The zero-order chi connectivity index (χ0) is 26.1. The molecule has 3 aromatic heterocycles. The number of nitrogens with zero attached hydrogens (tertiary/aromatic N) is 5. The second-order valence-corrected chi connectivity index (χ2v) is 9.34. The normalized spacial score (nSPS) is 12.1. The molecule has 0 N–H and O–H groups in total. The number of aromatic nitrogens is 3. The van der Waals surface area contributed by atoms with Crippen LogP contribution in [0.15, 0.2) is 116 Å². The predicted octanol–water partition coefficient (Wildman–Crippen LogP) is 6.07. The zero-order valence-corrected chi connectivity index (χ0v) is 21.0. The van der Waals surface area contributed by atoms with Gasteiger partial charge in [-0.25, -0.2) is 23.5 Å². The smallest absolute Gasteiger partial charge is 0.345 e. The van der Waals surface area contributed by atoms with Gasteiger partial charge in [0.05, 0.1) is 28.8 Å². The van der Waals surface area contributed by atoms with Crippen LogP contribution in [0.25, 0.3) is 27.9 Å². The predicted molar refractivity (Wildman–Crippen MR) is 147 cm³/mol. The van der Waals surface area contributed by atoms with Gasteiger partial charge in [0.2, 0.25) is 4.80 Å². The van der Waals surface area contributed by atoms with Crippen LogP contribution in [0.4, 0.5) is 10.1 Å². The lowest BCUT2D eigenvalue weighted by Crippen LogP contribution is -2.11. The summed E-state index contributed by atoms with van der Waals surface area (Å²) in [5.74, 6) is -0.321. The molecule has 0 saturated heterocycles. The topological polar surface area (TPSA) is 77.7 Å². The van der Waals surface area contributed by atoms with Crippen LogP contribution in [0.1, 0.15) is 11.3 Å². The van der Waals surface area contributed by atoms with Gasteiger partial charge in [0.25, 0.3) is 0 Å². The standard InChI is InChI=1S/C29H20FN5O2S/c1-19-18-38-29(32-23-13-11-22(30)12-14-23)35(19)31-16-21-17-34(24-8-3-2-4-9-24)33-27(21)25-15-20-7-5-6-10-26(20)37-28(25)36/h2-18H,1H3. The number of hydrogen-bond acceptors (Lipinski definition) is 6. The van der Waals surface area contributed by atoms with Crippen molar-refractivity contribution in [3.63, 3.8) is 0 Å². The van der Waals surface area contributed by atoms with Crippen LogP contribution in [0.2, 0.25) is 0 Å². The van der Waals surface area contributed by atoms with Crippen molar-refractivity contribution in [2.24, 2.45) is 10.1 Å². The maximum absolute atomic E-state index is 13.3. The van der Waals surface area contributed by atoms with Crippen LogP contribution in [-0.4, -0.2) is 20.7 Å². The number of aryl methyl sites for hydroxylation is 1. The molecule has 6 aromatic rings. The minimum Gasteiger partial charge on any atom is -0.422 e. The summed E-state index contributed by atoms with van der Waals surface area (Å²) >= 11 is 1.42. The Morgan fingerprint density at radius 1 is 1.00 bits per heavy atom. The van der Waals surface area contributed by atoms with Gasteiger partial charge in [0, 0.05) is 22.5 Å². The van der Waals surface area contributed by atoms with Crippen molar-refractivity contribution in [3.8, 4) is 16.9 Å². The Morgan fingerprint density at radius 3 is 2.58 bits per heavy atom. The lowest BCUT2D eigenvalue weighted by atomic mass is 10.1. The molecule has 0 fully saturated rings. The molecule has 3 heterocycles. The van der Waals surface area contributed by atoms with Gasteiger partial charge in [-0.2, -0.15) is 10.2 Å². The summed E-state index contributed by atoms with van der Waals surface area (Å²) in [5, 5.41) is 12.2. The Balaban J connectivity index is 1.48. The monoisotopic (exact) mass is 521 g/mol. The number of hydrogen-bond donors (Lipinski definition) is 0. The van der Waals surface area contributed by atoms with E-state index in [4.69, 9.17) is 9.52 Å². The maximum Gasteiger partial charge on any atom is 0.345 e. The van der Waals surface area contributed by atoms with Crippen molar-refractivity contribution in [2.45, 2.75) is 6.92 Å². The Bertz CT molecular complexity index is 1920. The molecule has 7 nitrogen and oxygen atoms in total. The molecule has 0 aliphatic heterocycles. The number of rotatable bonds is 5. The SMILES string of the molecule is Cc1csc(=Nc2ccc(F)cc2)n1N=Cc1cn(-c2ccccc2)nc1-c1cc2ccccc2oc1=O. The second-order valence-electron chi connectivity index (χ2n) is 8.50. The second kappa shape index (κ2) is 9.87. The van der Waals surface area contributed by atoms with E-state index in [-0.39, 0.29) is 5.82 Å². The Hall–Kier alpha value is -4.89. The van der Waals surface area contributed by atoms with E-state index in [1.807, 2.05) is 67.0 Å². The van der Waals surface area contributed by atoms with Crippen LogP contribution in [0.5, 0.6) is 0 Å². The number of thiazole rings is 1. The molecule has 9 heteroatoms. The summed E-state index contributed by atoms with van der Waals surface area (Å²) in [7, 11) is 0. The van der Waals surface area contributed by atoms with Gasteiger partial charge in [-0.1, -0.05) is 36.4 Å². The number of fused-ring (bicyclic) bond motifs is 1. The van der Waals surface area contributed by atoms with E-state index < -0.39 is 5.63 Å². The molecule has 0 atom stereocenters. The summed E-state index contributed by atoms with van der Waals surface area (Å²) in [6.07, 6.45) is 3.47. The third kappa shape index (κ3) is 4.62. The highest BCUT2D eigenvalue weighted by Crippen LogP contribution is 2.24. The van der Waals surface area contributed by atoms with Crippen molar-refractivity contribution < 1.29 is 8.81 Å². The first kappa shape index (κ1) is 23.5. The Labute approximate surface area is 220 Å². The average Bonchev–Trinajstić information content (AvgIpc) is 3.52. The van der Waals surface area contributed by atoms with Crippen LogP contribution >= 0.6 is 11.3 Å². The molecular weight excluding hydrogens is 501 g/mol. The Morgan fingerprint density at radius 2 is 1.76 bits per heavy atom. The Kier molecular flexibility index (Phi) is 6.11. The fraction of sp³-hybridized carbons (Fsp3) is 0.0345. The number of para-hydroxylation sites is 2. The summed E-state index contributed by atoms with van der Waals surface area (Å²) in [5.41, 5.74) is 3.76. The molecule has 0 bridgehead atoms. The van der Waals surface area contributed by atoms with E-state index in [0.717, 1.165) is 16.8 Å². The minimum absolute atomic E-state index is 0.321. The fourth-order valence-corrected chi connectivity index (χ4v) is 4.80. The molecule has 0 unspecified atom stereocenters. The van der Waals surface area contributed by atoms with Gasteiger partial charge < -0.3 is 4.42 Å². The van der Waals surface area contributed by atoms with Crippen LogP contribution in [0, 0.1) is 12.7 Å². The van der Waals surface area contributed by atoms with Crippen molar-refractivity contribution in [1.29, 1.82) is 0 Å². The molecule has 0 aliphatic carbocycles. The van der Waals surface area contributed by atoms with Crippen LogP contribution in [-0.2, 0) is 0 Å².